The molecule has 0 bridgehead atoms. The maximum Gasteiger partial charge on any atom is 0.329 e. The third kappa shape index (κ3) is 3.65. The van der Waals surface area contributed by atoms with Crippen LogP contribution in [-0.2, 0) is 11.3 Å². The summed E-state index contributed by atoms with van der Waals surface area (Å²) in [6.45, 7) is -0.466. The number of methoxy groups -OCH3 is 2. The van der Waals surface area contributed by atoms with E-state index in [1.54, 1.807) is 24.3 Å². The van der Waals surface area contributed by atoms with E-state index in [0.717, 1.165) is 4.57 Å². The van der Waals surface area contributed by atoms with Crippen molar-refractivity contribution >= 4 is 34.1 Å². The SMILES string of the molecule is COc1cc(OC)c(NC(=O)Cn2c(=O)[nH]c3ccccc3c2=O)cc1Cl. The number of nitrogens with zero attached hydrogens (tertiary/aromatic N) is 1. The van der Waals surface area contributed by atoms with Gasteiger partial charge in [0.05, 0.1) is 35.8 Å². The summed E-state index contributed by atoms with van der Waals surface area (Å²) >= 11 is 6.08. The van der Waals surface area contributed by atoms with Gasteiger partial charge < -0.3 is 19.8 Å². The molecule has 8 nitrogen and oxygen atoms in total. The number of carbonyl (C=O) groups excluding carboxylic acids is 1. The molecule has 2 N–H and O–H groups in total. The van der Waals surface area contributed by atoms with Crippen LogP contribution in [-0.4, -0.2) is 29.7 Å². The Labute approximate surface area is 158 Å². The molecule has 0 atom stereocenters. The van der Waals surface area contributed by atoms with Gasteiger partial charge in [-0.1, -0.05) is 23.7 Å². The fourth-order valence-corrected chi connectivity index (χ4v) is 2.87. The van der Waals surface area contributed by atoms with E-state index in [0.29, 0.717) is 28.1 Å². The van der Waals surface area contributed by atoms with Crippen molar-refractivity contribution in [1.82, 2.24) is 9.55 Å². The predicted molar refractivity (Wildman–Crippen MR) is 102 cm³/mol. The van der Waals surface area contributed by atoms with Crippen LogP contribution in [0.15, 0.2) is 46.0 Å². The monoisotopic (exact) mass is 389 g/mol. The van der Waals surface area contributed by atoms with Gasteiger partial charge in [-0.15, -0.1) is 0 Å². The summed E-state index contributed by atoms with van der Waals surface area (Å²) in [5, 5.41) is 3.18. The van der Waals surface area contributed by atoms with Crippen molar-refractivity contribution in [3.63, 3.8) is 0 Å². The normalized spacial score (nSPS) is 10.6. The summed E-state index contributed by atoms with van der Waals surface area (Å²) in [6, 6.07) is 9.56. The van der Waals surface area contributed by atoms with Crippen LogP contribution in [0.2, 0.25) is 5.02 Å². The Morgan fingerprint density at radius 2 is 1.85 bits per heavy atom. The topological polar surface area (TPSA) is 102 Å². The van der Waals surface area contributed by atoms with E-state index >= 15 is 0 Å². The summed E-state index contributed by atoms with van der Waals surface area (Å²) < 4.78 is 11.1. The van der Waals surface area contributed by atoms with E-state index in [1.807, 2.05) is 0 Å². The standard InChI is InChI=1S/C18H16ClN3O5/c1-26-14-8-15(27-2)13(7-11(14)19)20-16(23)9-22-17(24)10-5-3-4-6-12(10)21-18(22)25/h3-8H,9H2,1-2H3,(H,20,23)(H,21,25). The molecule has 0 aliphatic carbocycles. The number of benzene rings is 2. The molecule has 3 rings (SSSR count). The van der Waals surface area contributed by atoms with Crippen molar-refractivity contribution in [3.05, 3.63) is 62.3 Å². The quantitative estimate of drug-likeness (QED) is 0.694. The number of amides is 1. The second-order valence-electron chi connectivity index (χ2n) is 5.60. The molecule has 0 saturated heterocycles. The fourth-order valence-electron chi connectivity index (χ4n) is 2.63. The minimum atomic E-state index is -0.673. The van der Waals surface area contributed by atoms with Crippen molar-refractivity contribution in [2.45, 2.75) is 6.54 Å². The summed E-state index contributed by atoms with van der Waals surface area (Å²) in [7, 11) is 2.88. The molecule has 9 heteroatoms. The van der Waals surface area contributed by atoms with Crippen LogP contribution >= 0.6 is 11.6 Å². The lowest BCUT2D eigenvalue weighted by Crippen LogP contribution is -2.38. The number of rotatable bonds is 5. The highest BCUT2D eigenvalue weighted by Gasteiger charge is 2.15. The lowest BCUT2D eigenvalue weighted by molar-refractivity contribution is -0.116. The number of carbonyl (C=O) groups is 1. The number of para-hydroxylation sites is 1. The molecule has 1 heterocycles. The van der Waals surface area contributed by atoms with Crippen LogP contribution in [0, 0.1) is 0 Å². The molecule has 1 amide bonds. The average molecular weight is 390 g/mol. The van der Waals surface area contributed by atoms with Gasteiger partial charge in [0.15, 0.2) is 0 Å². The molecule has 2 aromatic carbocycles. The highest BCUT2D eigenvalue weighted by molar-refractivity contribution is 6.32. The summed E-state index contributed by atoms with van der Waals surface area (Å²) in [4.78, 5) is 39.6. The molecule has 0 unspecified atom stereocenters. The fraction of sp³-hybridized carbons (Fsp3) is 0.167. The molecular formula is C18H16ClN3O5. The van der Waals surface area contributed by atoms with Crippen LogP contribution in [0.3, 0.4) is 0 Å². The lowest BCUT2D eigenvalue weighted by Gasteiger charge is -2.13. The summed E-state index contributed by atoms with van der Waals surface area (Å²) in [6.07, 6.45) is 0. The molecule has 0 fully saturated rings. The van der Waals surface area contributed by atoms with Crippen molar-refractivity contribution < 1.29 is 14.3 Å². The number of ether oxygens (including phenoxy) is 2. The maximum atomic E-state index is 12.5. The highest BCUT2D eigenvalue weighted by atomic mass is 35.5. The van der Waals surface area contributed by atoms with Crippen LogP contribution in [0.25, 0.3) is 10.9 Å². The number of hydrogen-bond donors (Lipinski definition) is 2. The average Bonchev–Trinajstić information content (AvgIpc) is 2.65. The highest BCUT2D eigenvalue weighted by Crippen LogP contribution is 2.35. The van der Waals surface area contributed by atoms with Crippen LogP contribution in [0.4, 0.5) is 5.69 Å². The zero-order valence-corrected chi connectivity index (χ0v) is 15.3. The maximum absolute atomic E-state index is 12.5. The Balaban J connectivity index is 1.91. The minimum Gasteiger partial charge on any atom is -0.495 e. The molecule has 1 aromatic heterocycles. The second kappa shape index (κ2) is 7.55. The van der Waals surface area contributed by atoms with Crippen molar-refractivity contribution in [1.29, 1.82) is 0 Å². The molecule has 0 radical (unpaired) electrons. The molecule has 0 aliphatic heterocycles. The number of nitrogens with one attached hydrogen (secondary N) is 2. The molecule has 0 spiro atoms. The molecule has 0 saturated carbocycles. The van der Waals surface area contributed by atoms with Gasteiger partial charge in [-0.05, 0) is 18.2 Å². The van der Waals surface area contributed by atoms with Crippen LogP contribution < -0.4 is 26.0 Å². The van der Waals surface area contributed by atoms with Gasteiger partial charge in [-0.25, -0.2) is 4.79 Å². The Morgan fingerprint density at radius 1 is 1.15 bits per heavy atom. The molecule has 0 aliphatic rings. The molecular weight excluding hydrogens is 374 g/mol. The first-order valence-electron chi connectivity index (χ1n) is 7.88. The van der Waals surface area contributed by atoms with Crippen molar-refractivity contribution in [2.24, 2.45) is 0 Å². The van der Waals surface area contributed by atoms with Gasteiger partial charge in [-0.2, -0.15) is 0 Å². The third-order valence-electron chi connectivity index (χ3n) is 3.94. The Bertz CT molecular complexity index is 1140. The number of H-pyrrole nitrogens is 1. The van der Waals surface area contributed by atoms with Gasteiger partial charge in [-0.3, -0.25) is 14.2 Å². The third-order valence-corrected chi connectivity index (χ3v) is 4.23. The van der Waals surface area contributed by atoms with Crippen LogP contribution in [0.5, 0.6) is 11.5 Å². The largest absolute Gasteiger partial charge is 0.495 e. The second-order valence-corrected chi connectivity index (χ2v) is 6.01. The van der Waals surface area contributed by atoms with E-state index in [-0.39, 0.29) is 5.02 Å². The molecule has 3 aromatic rings. The van der Waals surface area contributed by atoms with Crippen molar-refractivity contribution in [3.8, 4) is 11.5 Å². The first-order chi connectivity index (χ1) is 12.9. The van der Waals surface area contributed by atoms with E-state index in [9.17, 15) is 14.4 Å². The number of halogens is 1. The Morgan fingerprint density at radius 3 is 2.56 bits per heavy atom. The van der Waals surface area contributed by atoms with Gasteiger partial charge in [0.2, 0.25) is 5.91 Å². The van der Waals surface area contributed by atoms with Gasteiger partial charge in [0.25, 0.3) is 5.56 Å². The number of fused-ring (bicyclic) bond motifs is 1. The lowest BCUT2D eigenvalue weighted by atomic mass is 10.2. The first kappa shape index (κ1) is 18.5. The first-order valence-corrected chi connectivity index (χ1v) is 8.25. The zero-order valence-electron chi connectivity index (χ0n) is 14.5. The van der Waals surface area contributed by atoms with E-state index in [2.05, 4.69) is 10.3 Å². The van der Waals surface area contributed by atoms with E-state index in [1.165, 1.54) is 26.4 Å². The number of aromatic nitrogens is 2. The summed E-state index contributed by atoms with van der Waals surface area (Å²) in [5.41, 5.74) is -0.524. The van der Waals surface area contributed by atoms with Gasteiger partial charge in [0.1, 0.15) is 18.0 Å². The smallest absolute Gasteiger partial charge is 0.329 e. The van der Waals surface area contributed by atoms with E-state index < -0.39 is 23.7 Å². The molecule has 27 heavy (non-hydrogen) atoms. The molecule has 140 valence electrons. The van der Waals surface area contributed by atoms with Gasteiger partial charge >= 0.3 is 5.69 Å². The zero-order chi connectivity index (χ0) is 19.6. The number of hydrogen-bond acceptors (Lipinski definition) is 5. The minimum absolute atomic E-state index is 0.273. The number of aromatic amines is 1. The Kier molecular flexibility index (Phi) is 5.18. The van der Waals surface area contributed by atoms with E-state index in [4.69, 9.17) is 21.1 Å². The summed E-state index contributed by atoms with van der Waals surface area (Å²) in [5.74, 6) is 0.121. The predicted octanol–water partition coefficient (Wildman–Crippen LogP) is 2.00. The van der Waals surface area contributed by atoms with Crippen molar-refractivity contribution in [2.75, 3.05) is 19.5 Å². The Hall–Kier alpha value is -3.26. The van der Waals surface area contributed by atoms with Gasteiger partial charge in [0, 0.05) is 6.07 Å². The number of anilines is 1. The van der Waals surface area contributed by atoms with Crippen LogP contribution in [0.1, 0.15) is 0 Å².